The molecule has 5 heteroatoms. The van der Waals surface area contributed by atoms with Crippen LogP contribution in [-0.4, -0.2) is 25.5 Å². The van der Waals surface area contributed by atoms with Crippen LogP contribution in [0.3, 0.4) is 0 Å². The third kappa shape index (κ3) is 3.93. The van der Waals surface area contributed by atoms with Crippen molar-refractivity contribution in [2.45, 2.75) is 5.79 Å². The van der Waals surface area contributed by atoms with E-state index in [2.05, 4.69) is 11.6 Å². The van der Waals surface area contributed by atoms with Crippen molar-refractivity contribution in [2.75, 3.05) is 25.5 Å². The van der Waals surface area contributed by atoms with Crippen LogP contribution < -0.4 is 4.74 Å². The van der Waals surface area contributed by atoms with Gasteiger partial charge in [-0.15, -0.1) is 23.2 Å². The summed E-state index contributed by atoms with van der Waals surface area (Å²) in [6, 6.07) is 17.3. The van der Waals surface area contributed by atoms with Gasteiger partial charge >= 0.3 is 0 Å². The minimum atomic E-state index is -0.813. The molecule has 1 fully saturated rings. The molecule has 0 spiro atoms. The van der Waals surface area contributed by atoms with Crippen LogP contribution in [-0.2, 0) is 15.3 Å². The normalized spacial score (nSPS) is 15.8. The Labute approximate surface area is 140 Å². The lowest BCUT2D eigenvalue weighted by molar-refractivity contribution is -0.146. The fraction of sp³-hybridized carbons (Fsp3) is 0.294. The fourth-order valence-corrected chi connectivity index (χ4v) is 2.49. The summed E-state index contributed by atoms with van der Waals surface area (Å²) in [5.41, 5.74) is 0.908. The van der Waals surface area contributed by atoms with Crippen LogP contribution in [0.5, 0.6) is 11.5 Å². The van der Waals surface area contributed by atoms with Crippen molar-refractivity contribution in [2.24, 2.45) is 0 Å². The lowest BCUT2D eigenvalue weighted by atomic mass is 10.1. The maximum Gasteiger partial charge on any atom is 0.208 e. The molecule has 0 unspecified atom stereocenters. The predicted molar refractivity (Wildman–Crippen MR) is 89.0 cm³/mol. The summed E-state index contributed by atoms with van der Waals surface area (Å²) < 4.78 is 17.0. The molecule has 0 bridgehead atoms. The van der Waals surface area contributed by atoms with E-state index in [1.165, 1.54) is 6.38 Å². The Morgan fingerprint density at radius 3 is 2.00 bits per heavy atom. The highest BCUT2D eigenvalue weighted by molar-refractivity contribution is 6.18. The molecule has 1 aliphatic heterocycles. The van der Waals surface area contributed by atoms with Crippen LogP contribution in [0.2, 0.25) is 0 Å². The van der Waals surface area contributed by atoms with Gasteiger partial charge in [0.15, 0.2) is 0 Å². The molecule has 0 aliphatic carbocycles. The second kappa shape index (κ2) is 8.39. The van der Waals surface area contributed by atoms with Gasteiger partial charge in [0, 0.05) is 11.9 Å². The molecule has 0 amide bonds. The zero-order valence-electron chi connectivity index (χ0n) is 12.3. The maximum atomic E-state index is 5.99. The zero-order valence-corrected chi connectivity index (χ0v) is 13.8. The van der Waals surface area contributed by atoms with Crippen molar-refractivity contribution in [1.29, 1.82) is 0 Å². The second-order valence-corrected chi connectivity index (χ2v) is 4.79. The molecule has 3 rings (SSSR count). The summed E-state index contributed by atoms with van der Waals surface area (Å²) >= 11 is 10.6. The van der Waals surface area contributed by atoms with Gasteiger partial charge in [0.2, 0.25) is 5.79 Å². The Bertz CT molecular complexity index is 552. The molecule has 1 heterocycles. The molecule has 0 aromatic heterocycles. The van der Waals surface area contributed by atoms with Crippen molar-refractivity contribution in [1.82, 2.24) is 0 Å². The number of hydrogen-bond donors (Lipinski definition) is 0. The van der Waals surface area contributed by atoms with E-state index in [1.54, 1.807) is 0 Å². The molecule has 1 aliphatic rings. The summed E-state index contributed by atoms with van der Waals surface area (Å²) in [6.45, 7) is 1.13. The molecular weight excluding hydrogens is 323 g/mol. The van der Waals surface area contributed by atoms with Crippen molar-refractivity contribution in [3.8, 4) is 11.5 Å². The van der Waals surface area contributed by atoms with Gasteiger partial charge in [0.1, 0.15) is 11.5 Å². The summed E-state index contributed by atoms with van der Waals surface area (Å²) in [4.78, 5) is 0. The predicted octanol–water partition coefficient (Wildman–Crippen LogP) is 4.77. The highest BCUT2D eigenvalue weighted by Gasteiger charge is 2.37. The van der Waals surface area contributed by atoms with Crippen LogP contribution >= 0.6 is 23.2 Å². The molecule has 0 radical (unpaired) electrons. The number of alkyl halides is 2. The molecule has 0 atom stereocenters. The molecule has 2 aromatic carbocycles. The summed E-state index contributed by atoms with van der Waals surface area (Å²) in [6.07, 6.45) is 1.47. The van der Waals surface area contributed by atoms with Crippen molar-refractivity contribution in [3.05, 3.63) is 60.2 Å². The molecule has 0 N–H and O–H groups in total. The second-order valence-electron chi connectivity index (χ2n) is 4.52. The van der Waals surface area contributed by atoms with E-state index < -0.39 is 5.79 Å². The Kier molecular flexibility index (Phi) is 6.52. The summed E-state index contributed by atoms with van der Waals surface area (Å²) in [5, 5.41) is 0. The first-order valence-electron chi connectivity index (χ1n) is 6.87. The number of rotatable bonds is 4. The third-order valence-corrected chi connectivity index (χ3v) is 3.55. The SMILES string of the molecule is CCl.ClCC1(c2ccc(Oc3ccccc3)cc2)OCCO1. The van der Waals surface area contributed by atoms with E-state index >= 15 is 0 Å². The highest BCUT2D eigenvalue weighted by Crippen LogP contribution is 2.34. The monoisotopic (exact) mass is 340 g/mol. The molecule has 22 heavy (non-hydrogen) atoms. The van der Waals surface area contributed by atoms with E-state index in [9.17, 15) is 0 Å². The number of para-hydroxylation sites is 1. The molecule has 3 nitrogen and oxygen atoms in total. The van der Waals surface area contributed by atoms with E-state index in [0.717, 1.165) is 17.1 Å². The van der Waals surface area contributed by atoms with Gasteiger partial charge in [0.05, 0.1) is 19.1 Å². The van der Waals surface area contributed by atoms with Gasteiger partial charge in [0.25, 0.3) is 0 Å². The van der Waals surface area contributed by atoms with E-state index in [4.69, 9.17) is 25.8 Å². The van der Waals surface area contributed by atoms with Crippen molar-refractivity contribution >= 4 is 23.2 Å². The van der Waals surface area contributed by atoms with Crippen LogP contribution in [0.25, 0.3) is 0 Å². The quantitative estimate of drug-likeness (QED) is 0.750. The maximum absolute atomic E-state index is 5.99. The van der Waals surface area contributed by atoms with Gasteiger partial charge in [-0.1, -0.05) is 18.2 Å². The first kappa shape index (κ1) is 17.1. The van der Waals surface area contributed by atoms with E-state index in [1.807, 2.05) is 54.6 Å². The highest BCUT2D eigenvalue weighted by atomic mass is 35.5. The van der Waals surface area contributed by atoms with Gasteiger partial charge in [-0.3, -0.25) is 0 Å². The topological polar surface area (TPSA) is 27.7 Å². The summed E-state index contributed by atoms with van der Waals surface area (Å²) in [5.74, 6) is 1.03. The third-order valence-electron chi connectivity index (χ3n) is 3.20. The van der Waals surface area contributed by atoms with Crippen LogP contribution in [0, 0.1) is 0 Å². The number of ether oxygens (including phenoxy) is 3. The average molecular weight is 341 g/mol. The minimum absolute atomic E-state index is 0.270. The fourth-order valence-electron chi connectivity index (χ4n) is 2.18. The first-order valence-corrected chi connectivity index (χ1v) is 8.17. The van der Waals surface area contributed by atoms with Gasteiger partial charge < -0.3 is 14.2 Å². The average Bonchev–Trinajstić information content (AvgIpc) is 3.09. The Morgan fingerprint density at radius 1 is 0.909 bits per heavy atom. The Morgan fingerprint density at radius 2 is 1.45 bits per heavy atom. The molecule has 0 saturated carbocycles. The molecular formula is C17H18Cl2O3. The molecule has 1 saturated heterocycles. The zero-order chi connectivity index (χ0) is 15.8. The van der Waals surface area contributed by atoms with Crippen LogP contribution in [0.1, 0.15) is 5.56 Å². The van der Waals surface area contributed by atoms with Crippen LogP contribution in [0.15, 0.2) is 54.6 Å². The summed E-state index contributed by atoms with van der Waals surface area (Å²) in [7, 11) is 0. The standard InChI is InChI=1S/C16H15ClO3.CH3Cl/c17-12-16(18-10-11-19-16)13-6-8-15(9-7-13)20-14-4-2-1-3-5-14;1-2/h1-9H,10-12H2;1H3. The lowest BCUT2D eigenvalue weighted by Gasteiger charge is -2.25. The van der Waals surface area contributed by atoms with Crippen molar-refractivity contribution < 1.29 is 14.2 Å². The Balaban J connectivity index is 0.000000847. The minimum Gasteiger partial charge on any atom is -0.457 e. The van der Waals surface area contributed by atoms with Gasteiger partial charge in [-0.25, -0.2) is 0 Å². The van der Waals surface area contributed by atoms with E-state index in [0.29, 0.717) is 13.2 Å². The number of hydrogen-bond acceptors (Lipinski definition) is 3. The van der Waals surface area contributed by atoms with Gasteiger partial charge in [-0.2, -0.15) is 0 Å². The van der Waals surface area contributed by atoms with Crippen molar-refractivity contribution in [3.63, 3.8) is 0 Å². The molecule has 2 aromatic rings. The largest absolute Gasteiger partial charge is 0.457 e. The van der Waals surface area contributed by atoms with Gasteiger partial charge in [-0.05, 0) is 36.4 Å². The Hall–Kier alpha value is -1.26. The number of halogens is 2. The van der Waals surface area contributed by atoms with E-state index in [-0.39, 0.29) is 5.88 Å². The lowest BCUT2D eigenvalue weighted by Crippen LogP contribution is -2.29. The van der Waals surface area contributed by atoms with Crippen LogP contribution in [0.4, 0.5) is 0 Å². The molecule has 118 valence electrons. The first-order chi connectivity index (χ1) is 10.8. The number of benzene rings is 2. The smallest absolute Gasteiger partial charge is 0.208 e.